The number of thiazole rings is 1. The highest BCUT2D eigenvalue weighted by Crippen LogP contribution is 2.39. The molecule has 5 nitrogen and oxygen atoms in total. The molecule has 0 atom stereocenters. The third kappa shape index (κ3) is 2.41. The van der Waals surface area contributed by atoms with E-state index in [1.165, 1.54) is 18.0 Å². The summed E-state index contributed by atoms with van der Waals surface area (Å²) in [5, 5.41) is 7.49. The van der Waals surface area contributed by atoms with Gasteiger partial charge in [0.2, 0.25) is 0 Å². The van der Waals surface area contributed by atoms with Gasteiger partial charge in [-0.2, -0.15) is 4.37 Å². The Kier molecular flexibility index (Phi) is 3.66. The fourth-order valence-electron chi connectivity index (χ4n) is 2.41. The molecule has 2 aromatic rings. The number of nitrogen functional groups attached to an aromatic ring is 1. The second kappa shape index (κ2) is 5.31. The van der Waals surface area contributed by atoms with Crippen molar-refractivity contribution in [1.29, 1.82) is 0 Å². The standard InChI is InChI=1S/C13H18N4OS2/c1-8-16-9(6-19-8)10-11(14)17-20-12(10)15-7-13(18-2)4-3-5-13/h6,15H,3-5,7H2,1-2H3,(H2,14,17). The van der Waals surface area contributed by atoms with Gasteiger partial charge in [-0.25, -0.2) is 4.98 Å². The van der Waals surface area contributed by atoms with Gasteiger partial charge in [-0.3, -0.25) is 0 Å². The first-order chi connectivity index (χ1) is 9.63. The Morgan fingerprint density at radius 1 is 1.50 bits per heavy atom. The van der Waals surface area contributed by atoms with Crippen LogP contribution < -0.4 is 11.1 Å². The van der Waals surface area contributed by atoms with E-state index in [0.717, 1.165) is 40.7 Å². The van der Waals surface area contributed by atoms with Crippen LogP contribution >= 0.6 is 22.9 Å². The largest absolute Gasteiger partial charge is 0.382 e. The molecule has 0 bridgehead atoms. The smallest absolute Gasteiger partial charge is 0.148 e. The Balaban J connectivity index is 1.80. The Labute approximate surface area is 126 Å². The summed E-state index contributed by atoms with van der Waals surface area (Å²) < 4.78 is 9.88. The van der Waals surface area contributed by atoms with E-state index in [0.29, 0.717) is 5.82 Å². The number of aryl methyl sites for hydroxylation is 1. The Hall–Kier alpha value is -1.18. The van der Waals surface area contributed by atoms with Gasteiger partial charge in [-0.1, -0.05) is 0 Å². The first kappa shape index (κ1) is 13.8. The van der Waals surface area contributed by atoms with Gasteiger partial charge in [-0.05, 0) is 37.7 Å². The zero-order valence-electron chi connectivity index (χ0n) is 11.6. The van der Waals surface area contributed by atoms with E-state index in [4.69, 9.17) is 10.5 Å². The van der Waals surface area contributed by atoms with Gasteiger partial charge in [-0.15, -0.1) is 11.3 Å². The number of ether oxygens (including phenoxy) is 1. The molecule has 0 amide bonds. The molecule has 1 saturated carbocycles. The molecule has 20 heavy (non-hydrogen) atoms. The van der Waals surface area contributed by atoms with Gasteiger partial charge in [0.1, 0.15) is 10.8 Å². The highest BCUT2D eigenvalue weighted by atomic mass is 32.1. The number of nitrogens with one attached hydrogen (secondary N) is 1. The monoisotopic (exact) mass is 310 g/mol. The Bertz CT molecular complexity index is 598. The van der Waals surface area contributed by atoms with Crippen molar-refractivity contribution in [3.05, 3.63) is 10.4 Å². The predicted octanol–water partition coefficient (Wildman–Crippen LogP) is 3.14. The molecule has 0 saturated heterocycles. The van der Waals surface area contributed by atoms with E-state index in [1.807, 2.05) is 12.3 Å². The SMILES string of the molecule is COC1(CNc2snc(N)c2-c2csc(C)n2)CCC1. The van der Waals surface area contributed by atoms with Crippen LogP contribution in [-0.2, 0) is 4.74 Å². The van der Waals surface area contributed by atoms with Crippen molar-refractivity contribution in [2.75, 3.05) is 24.7 Å². The summed E-state index contributed by atoms with van der Waals surface area (Å²) in [6.45, 7) is 2.78. The molecule has 2 heterocycles. The molecular weight excluding hydrogens is 292 g/mol. The molecule has 108 valence electrons. The maximum atomic E-state index is 5.99. The number of rotatable bonds is 5. The Morgan fingerprint density at radius 3 is 2.85 bits per heavy atom. The quantitative estimate of drug-likeness (QED) is 0.887. The molecule has 2 aromatic heterocycles. The third-order valence-corrected chi connectivity index (χ3v) is 5.46. The molecule has 1 aliphatic rings. The van der Waals surface area contributed by atoms with Crippen molar-refractivity contribution >= 4 is 33.7 Å². The van der Waals surface area contributed by atoms with Crippen LogP contribution in [-0.4, -0.2) is 28.6 Å². The van der Waals surface area contributed by atoms with Crippen molar-refractivity contribution < 1.29 is 4.74 Å². The van der Waals surface area contributed by atoms with Crippen LogP contribution in [0.25, 0.3) is 11.3 Å². The molecule has 0 unspecified atom stereocenters. The number of hydrogen-bond acceptors (Lipinski definition) is 7. The van der Waals surface area contributed by atoms with Crippen molar-refractivity contribution in [3.63, 3.8) is 0 Å². The molecule has 3 N–H and O–H groups in total. The lowest BCUT2D eigenvalue weighted by Crippen LogP contribution is -2.45. The average Bonchev–Trinajstić information content (AvgIpc) is 2.95. The van der Waals surface area contributed by atoms with E-state index in [9.17, 15) is 0 Å². The summed E-state index contributed by atoms with van der Waals surface area (Å²) in [6.07, 6.45) is 3.45. The Morgan fingerprint density at radius 2 is 2.30 bits per heavy atom. The molecule has 3 rings (SSSR count). The number of methoxy groups -OCH3 is 1. The molecule has 0 aromatic carbocycles. The summed E-state index contributed by atoms with van der Waals surface area (Å²) in [6, 6.07) is 0. The fraction of sp³-hybridized carbons (Fsp3) is 0.538. The van der Waals surface area contributed by atoms with E-state index in [-0.39, 0.29) is 5.60 Å². The molecular formula is C13H18N4OS2. The lowest BCUT2D eigenvalue weighted by Gasteiger charge is -2.40. The molecule has 0 aliphatic heterocycles. The van der Waals surface area contributed by atoms with Crippen LogP contribution in [0.15, 0.2) is 5.38 Å². The average molecular weight is 310 g/mol. The number of nitrogens with zero attached hydrogens (tertiary/aromatic N) is 2. The summed E-state index contributed by atoms with van der Waals surface area (Å²) in [4.78, 5) is 4.51. The van der Waals surface area contributed by atoms with E-state index in [1.54, 1.807) is 18.4 Å². The molecule has 0 radical (unpaired) electrons. The summed E-state index contributed by atoms with van der Waals surface area (Å²) in [5.74, 6) is 0.544. The summed E-state index contributed by atoms with van der Waals surface area (Å²) in [7, 11) is 1.78. The number of anilines is 2. The van der Waals surface area contributed by atoms with E-state index < -0.39 is 0 Å². The number of aromatic nitrogens is 2. The maximum Gasteiger partial charge on any atom is 0.148 e. The maximum absolute atomic E-state index is 5.99. The van der Waals surface area contributed by atoms with Crippen molar-refractivity contribution in [3.8, 4) is 11.3 Å². The lowest BCUT2D eigenvalue weighted by molar-refractivity contribution is -0.0600. The fourth-order valence-corrected chi connectivity index (χ4v) is 3.74. The highest BCUT2D eigenvalue weighted by Gasteiger charge is 2.37. The van der Waals surface area contributed by atoms with Crippen LogP contribution in [0.2, 0.25) is 0 Å². The highest BCUT2D eigenvalue weighted by molar-refractivity contribution is 7.11. The minimum atomic E-state index is -0.0198. The first-order valence-electron chi connectivity index (χ1n) is 6.60. The topological polar surface area (TPSA) is 73.1 Å². The zero-order valence-corrected chi connectivity index (χ0v) is 13.2. The summed E-state index contributed by atoms with van der Waals surface area (Å²) >= 11 is 3.01. The second-order valence-corrected chi connectivity index (χ2v) is 6.95. The van der Waals surface area contributed by atoms with E-state index >= 15 is 0 Å². The lowest BCUT2D eigenvalue weighted by atomic mass is 9.80. The van der Waals surface area contributed by atoms with Gasteiger partial charge < -0.3 is 15.8 Å². The van der Waals surface area contributed by atoms with Gasteiger partial charge in [0.15, 0.2) is 0 Å². The molecule has 1 aliphatic carbocycles. The van der Waals surface area contributed by atoms with Gasteiger partial charge in [0, 0.05) is 19.0 Å². The third-order valence-electron chi connectivity index (χ3n) is 3.86. The van der Waals surface area contributed by atoms with Crippen LogP contribution in [0.1, 0.15) is 24.3 Å². The van der Waals surface area contributed by atoms with Gasteiger partial charge in [0.05, 0.1) is 21.9 Å². The van der Waals surface area contributed by atoms with Crippen molar-refractivity contribution in [2.45, 2.75) is 31.8 Å². The second-order valence-electron chi connectivity index (χ2n) is 5.12. The minimum absolute atomic E-state index is 0.0198. The van der Waals surface area contributed by atoms with E-state index in [2.05, 4.69) is 14.7 Å². The number of hydrogen-bond donors (Lipinski definition) is 2. The van der Waals surface area contributed by atoms with Crippen LogP contribution in [0, 0.1) is 6.92 Å². The molecule has 7 heteroatoms. The van der Waals surface area contributed by atoms with Crippen LogP contribution in [0.4, 0.5) is 10.8 Å². The van der Waals surface area contributed by atoms with Gasteiger partial charge >= 0.3 is 0 Å². The predicted molar refractivity (Wildman–Crippen MR) is 84.5 cm³/mol. The minimum Gasteiger partial charge on any atom is -0.382 e. The summed E-state index contributed by atoms with van der Waals surface area (Å²) in [5.41, 5.74) is 7.80. The number of nitrogens with two attached hydrogens (primary N) is 1. The first-order valence-corrected chi connectivity index (χ1v) is 8.25. The molecule has 0 spiro atoms. The molecule has 1 fully saturated rings. The normalized spacial score (nSPS) is 16.9. The van der Waals surface area contributed by atoms with Crippen LogP contribution in [0.3, 0.4) is 0 Å². The van der Waals surface area contributed by atoms with Crippen molar-refractivity contribution in [2.24, 2.45) is 0 Å². The zero-order chi connectivity index (χ0) is 14.2. The van der Waals surface area contributed by atoms with Crippen LogP contribution in [0.5, 0.6) is 0 Å². The van der Waals surface area contributed by atoms with Gasteiger partial charge in [0.25, 0.3) is 0 Å². The van der Waals surface area contributed by atoms with Crippen molar-refractivity contribution in [1.82, 2.24) is 9.36 Å².